The number of nitrogens with one attached hydrogen (secondary N) is 1. The molecular weight excluding hydrogens is 511 g/mol. The zero-order valence-electron chi connectivity index (χ0n) is 22.5. The van der Waals surface area contributed by atoms with Crippen molar-refractivity contribution >= 4 is 28.9 Å². The Hall–Kier alpha value is -4.92. The lowest BCUT2D eigenvalue weighted by molar-refractivity contribution is -0.122. The number of benzene rings is 3. The largest absolute Gasteiger partial charge is 0.496 e. The van der Waals surface area contributed by atoms with Crippen molar-refractivity contribution in [3.05, 3.63) is 95.6 Å². The van der Waals surface area contributed by atoms with Gasteiger partial charge < -0.3 is 14.8 Å². The van der Waals surface area contributed by atoms with E-state index < -0.39 is 11.5 Å². The minimum absolute atomic E-state index is 0.148. The first-order valence-corrected chi connectivity index (χ1v) is 12.8. The van der Waals surface area contributed by atoms with E-state index in [0.717, 1.165) is 33.6 Å². The number of hydrogen-bond donors (Lipinski definition) is 1. The third-order valence-electron chi connectivity index (χ3n) is 7.26. The molecule has 0 aliphatic carbocycles. The smallest absolute Gasteiger partial charge is 0.343 e. The first-order valence-electron chi connectivity index (χ1n) is 12.8. The summed E-state index contributed by atoms with van der Waals surface area (Å²) >= 11 is 0. The van der Waals surface area contributed by atoms with Gasteiger partial charge in [-0.15, -0.1) is 0 Å². The van der Waals surface area contributed by atoms with Crippen LogP contribution >= 0.6 is 0 Å². The molecule has 202 valence electrons. The van der Waals surface area contributed by atoms with E-state index >= 15 is 0 Å². The van der Waals surface area contributed by atoms with Crippen LogP contribution in [0, 0.1) is 12.7 Å². The predicted octanol–water partition coefficient (Wildman–Crippen LogP) is 5.90. The molecule has 0 radical (unpaired) electrons. The number of methoxy groups -OCH3 is 1. The Morgan fingerprint density at radius 2 is 1.77 bits per heavy atom. The molecule has 8 nitrogen and oxygen atoms in total. The van der Waals surface area contributed by atoms with Crippen molar-refractivity contribution in [3.8, 4) is 22.6 Å². The Morgan fingerprint density at radius 1 is 1.02 bits per heavy atom. The van der Waals surface area contributed by atoms with E-state index in [-0.39, 0.29) is 11.7 Å². The maximum absolute atomic E-state index is 14.4. The highest BCUT2D eigenvalue weighted by molar-refractivity contribution is 6.12. The normalized spacial score (nSPS) is 15.0. The quantitative estimate of drug-likeness (QED) is 0.250. The number of hydrogen-bond acceptors (Lipinski definition) is 7. The number of carbonyl (C=O) groups is 2. The Kier molecular flexibility index (Phi) is 5.94. The van der Waals surface area contributed by atoms with Crippen LogP contribution < -0.4 is 24.8 Å². The van der Waals surface area contributed by atoms with Gasteiger partial charge in [0.1, 0.15) is 22.9 Å². The second-order valence-electron chi connectivity index (χ2n) is 10.3. The van der Waals surface area contributed by atoms with Gasteiger partial charge in [0, 0.05) is 29.6 Å². The Bertz CT molecular complexity index is 1670. The Balaban J connectivity index is 1.44. The van der Waals surface area contributed by atoms with Crippen LogP contribution in [-0.2, 0) is 11.3 Å². The van der Waals surface area contributed by atoms with Gasteiger partial charge in [0.25, 0.3) is 5.91 Å². The summed E-state index contributed by atoms with van der Waals surface area (Å²) in [4.78, 5) is 30.2. The van der Waals surface area contributed by atoms with Crippen molar-refractivity contribution in [1.29, 1.82) is 0 Å². The zero-order valence-corrected chi connectivity index (χ0v) is 22.5. The van der Waals surface area contributed by atoms with Gasteiger partial charge in [-0.1, -0.05) is 12.1 Å². The number of aromatic nitrogens is 1. The van der Waals surface area contributed by atoms with Gasteiger partial charge in [0.2, 0.25) is 0 Å². The molecule has 3 heterocycles. The lowest BCUT2D eigenvalue weighted by Crippen LogP contribution is -2.57. The average Bonchev–Trinajstić information content (AvgIpc) is 3.35. The van der Waals surface area contributed by atoms with E-state index in [9.17, 15) is 14.0 Å². The van der Waals surface area contributed by atoms with E-state index in [1.54, 1.807) is 42.5 Å². The number of carbonyl (C=O) groups excluding carboxylic acids is 2. The fourth-order valence-corrected chi connectivity index (χ4v) is 5.26. The number of hydrazine groups is 1. The first kappa shape index (κ1) is 25.4. The summed E-state index contributed by atoms with van der Waals surface area (Å²) in [5.41, 5.74) is 5.00. The standard InChI is InChI=1S/C31H27FN4O4/c1-18-5-6-20(32)15-26(18)35-17-24-22(9-10-25-28(24)36(35)30(38)31(2,3)34-25)23-8-7-21(16-27(23)39-4)40-29(37)19-11-13-33-14-12-19/h5-16,34H,17H2,1-4H3. The molecule has 1 N–H and O–H groups in total. The number of rotatable bonds is 5. The van der Waals surface area contributed by atoms with E-state index in [1.807, 2.05) is 44.0 Å². The molecule has 0 fully saturated rings. The molecule has 4 aromatic rings. The molecule has 9 heteroatoms. The number of pyridine rings is 1. The third kappa shape index (κ3) is 4.10. The fourth-order valence-electron chi connectivity index (χ4n) is 5.26. The molecule has 3 aromatic carbocycles. The maximum Gasteiger partial charge on any atom is 0.343 e. The second-order valence-corrected chi connectivity index (χ2v) is 10.3. The first-order chi connectivity index (χ1) is 19.2. The number of anilines is 3. The minimum Gasteiger partial charge on any atom is -0.496 e. The van der Waals surface area contributed by atoms with E-state index in [2.05, 4.69) is 10.3 Å². The Morgan fingerprint density at radius 3 is 2.52 bits per heavy atom. The topological polar surface area (TPSA) is 84.0 Å². The molecule has 1 amide bonds. The van der Waals surface area contributed by atoms with E-state index in [0.29, 0.717) is 29.3 Å². The molecule has 40 heavy (non-hydrogen) atoms. The van der Waals surface area contributed by atoms with Crippen molar-refractivity contribution < 1.29 is 23.5 Å². The number of nitrogens with zero attached hydrogens (tertiary/aromatic N) is 3. The second kappa shape index (κ2) is 9.37. The van der Waals surface area contributed by atoms with Crippen LogP contribution in [0.2, 0.25) is 0 Å². The van der Waals surface area contributed by atoms with Crippen LogP contribution in [0.1, 0.15) is 35.3 Å². The summed E-state index contributed by atoms with van der Waals surface area (Å²) in [5, 5.41) is 6.85. The van der Waals surface area contributed by atoms with Crippen molar-refractivity contribution in [3.63, 3.8) is 0 Å². The highest BCUT2D eigenvalue weighted by Gasteiger charge is 2.47. The molecule has 0 atom stereocenters. The maximum atomic E-state index is 14.4. The van der Waals surface area contributed by atoms with Gasteiger partial charge in [-0.05, 0) is 74.4 Å². The summed E-state index contributed by atoms with van der Waals surface area (Å²) in [5.74, 6) is -0.205. The molecule has 0 bridgehead atoms. The molecule has 6 rings (SSSR count). The van der Waals surface area contributed by atoms with Crippen LogP contribution in [0.4, 0.5) is 21.5 Å². The van der Waals surface area contributed by atoms with Gasteiger partial charge in [-0.25, -0.2) is 14.2 Å². The summed E-state index contributed by atoms with van der Waals surface area (Å²) in [7, 11) is 1.55. The number of aryl methyl sites for hydroxylation is 1. The molecule has 0 saturated carbocycles. The lowest BCUT2D eigenvalue weighted by Gasteiger charge is -2.41. The molecule has 2 aliphatic heterocycles. The predicted molar refractivity (Wildman–Crippen MR) is 150 cm³/mol. The van der Waals surface area contributed by atoms with Crippen LogP contribution in [0.3, 0.4) is 0 Å². The van der Waals surface area contributed by atoms with Crippen molar-refractivity contribution in [2.45, 2.75) is 32.9 Å². The third-order valence-corrected chi connectivity index (χ3v) is 7.26. The van der Waals surface area contributed by atoms with Gasteiger partial charge in [0.15, 0.2) is 0 Å². The number of halogens is 1. The zero-order chi connectivity index (χ0) is 28.2. The van der Waals surface area contributed by atoms with Crippen LogP contribution in [-0.4, -0.2) is 29.5 Å². The number of amides is 1. The van der Waals surface area contributed by atoms with Crippen molar-refractivity contribution in [2.75, 3.05) is 22.4 Å². The SMILES string of the molecule is COc1cc(OC(=O)c2ccncc2)ccc1-c1ccc2c3c1CN(c1cc(F)ccc1C)N3C(=O)C(C)(C)N2. The highest BCUT2D eigenvalue weighted by Crippen LogP contribution is 2.50. The molecule has 0 saturated heterocycles. The molecule has 0 spiro atoms. The monoisotopic (exact) mass is 538 g/mol. The van der Waals surface area contributed by atoms with Crippen LogP contribution in [0.5, 0.6) is 11.5 Å². The molecule has 0 unspecified atom stereocenters. The van der Waals surface area contributed by atoms with Crippen molar-refractivity contribution in [1.82, 2.24) is 4.98 Å². The molecule has 1 aromatic heterocycles. The summed E-state index contributed by atoms with van der Waals surface area (Å²) in [6.07, 6.45) is 3.05. The summed E-state index contributed by atoms with van der Waals surface area (Å²) in [6.45, 7) is 5.90. The van der Waals surface area contributed by atoms with Crippen LogP contribution in [0.15, 0.2) is 73.1 Å². The highest BCUT2D eigenvalue weighted by atomic mass is 19.1. The fraction of sp³-hybridized carbons (Fsp3) is 0.194. The minimum atomic E-state index is -0.867. The Labute approximate surface area is 230 Å². The van der Waals surface area contributed by atoms with Crippen LogP contribution in [0.25, 0.3) is 11.1 Å². The summed E-state index contributed by atoms with van der Waals surface area (Å²) in [6, 6.07) is 16.9. The molecule has 2 aliphatic rings. The van der Waals surface area contributed by atoms with Gasteiger partial charge >= 0.3 is 5.97 Å². The summed E-state index contributed by atoms with van der Waals surface area (Å²) < 4.78 is 25.7. The van der Waals surface area contributed by atoms with Gasteiger partial charge in [-0.2, -0.15) is 0 Å². The molecular formula is C31H27FN4O4. The van der Waals surface area contributed by atoms with Crippen molar-refractivity contribution in [2.24, 2.45) is 0 Å². The number of ether oxygens (including phenoxy) is 2. The van der Waals surface area contributed by atoms with Gasteiger partial charge in [-0.3, -0.25) is 14.8 Å². The number of esters is 1. The average molecular weight is 539 g/mol. The van der Waals surface area contributed by atoms with E-state index in [1.165, 1.54) is 24.5 Å². The van der Waals surface area contributed by atoms with E-state index in [4.69, 9.17) is 9.47 Å². The lowest BCUT2D eigenvalue weighted by atomic mass is 9.93. The van der Waals surface area contributed by atoms with Gasteiger partial charge in [0.05, 0.1) is 36.3 Å².